The molecule has 0 N–H and O–H groups in total. The van der Waals surface area contributed by atoms with E-state index in [0.717, 1.165) is 12.0 Å². The standard InChI is InChI=1S/C14H16O4/c1-10(2)5-6-16-8-12(15)11-3-4-13-14(7-11)18-9-17-13/h3-4,7H,1,5-6,8-9H2,2H3. The predicted molar refractivity (Wildman–Crippen MR) is 67.1 cm³/mol. The van der Waals surface area contributed by atoms with Crippen LogP contribution >= 0.6 is 0 Å². The Morgan fingerprint density at radius 1 is 1.39 bits per heavy atom. The number of carbonyl (C=O) groups excluding carboxylic acids is 1. The summed E-state index contributed by atoms with van der Waals surface area (Å²) in [6.07, 6.45) is 0.772. The highest BCUT2D eigenvalue weighted by atomic mass is 16.7. The fourth-order valence-electron chi connectivity index (χ4n) is 1.56. The zero-order valence-electron chi connectivity index (χ0n) is 10.4. The number of hydrogen-bond donors (Lipinski definition) is 0. The Bertz CT molecular complexity index is 465. The van der Waals surface area contributed by atoms with Crippen LogP contribution in [0.15, 0.2) is 30.4 Å². The van der Waals surface area contributed by atoms with Crippen molar-refractivity contribution in [2.75, 3.05) is 20.0 Å². The quantitative estimate of drug-likeness (QED) is 0.441. The average Bonchev–Trinajstić information content (AvgIpc) is 2.81. The molecule has 4 heteroatoms. The lowest BCUT2D eigenvalue weighted by Crippen LogP contribution is -2.09. The molecule has 0 saturated heterocycles. The number of rotatable bonds is 6. The maximum absolute atomic E-state index is 11.8. The van der Waals surface area contributed by atoms with Gasteiger partial charge in [-0.15, -0.1) is 6.58 Å². The van der Waals surface area contributed by atoms with Crippen molar-refractivity contribution in [1.82, 2.24) is 0 Å². The van der Waals surface area contributed by atoms with Crippen molar-refractivity contribution in [1.29, 1.82) is 0 Å². The van der Waals surface area contributed by atoms with E-state index >= 15 is 0 Å². The van der Waals surface area contributed by atoms with Gasteiger partial charge in [-0.25, -0.2) is 0 Å². The van der Waals surface area contributed by atoms with Crippen molar-refractivity contribution in [3.8, 4) is 11.5 Å². The third-order valence-electron chi connectivity index (χ3n) is 2.60. The molecule has 1 aliphatic rings. The van der Waals surface area contributed by atoms with E-state index in [1.165, 1.54) is 0 Å². The normalized spacial score (nSPS) is 12.5. The smallest absolute Gasteiger partial charge is 0.231 e. The summed E-state index contributed by atoms with van der Waals surface area (Å²) in [7, 11) is 0. The number of benzene rings is 1. The second kappa shape index (κ2) is 5.69. The molecule has 96 valence electrons. The van der Waals surface area contributed by atoms with Crippen molar-refractivity contribution >= 4 is 5.78 Å². The zero-order valence-corrected chi connectivity index (χ0v) is 10.4. The maximum atomic E-state index is 11.8. The van der Waals surface area contributed by atoms with Crippen LogP contribution in [0.2, 0.25) is 0 Å². The van der Waals surface area contributed by atoms with Crippen molar-refractivity contribution in [3.63, 3.8) is 0 Å². The predicted octanol–water partition coefficient (Wildman–Crippen LogP) is 2.58. The molecule has 0 fully saturated rings. The lowest BCUT2D eigenvalue weighted by atomic mass is 10.1. The van der Waals surface area contributed by atoms with Crippen molar-refractivity contribution in [2.45, 2.75) is 13.3 Å². The first kappa shape index (κ1) is 12.6. The molecule has 0 amide bonds. The van der Waals surface area contributed by atoms with Gasteiger partial charge in [-0.3, -0.25) is 4.79 Å². The summed E-state index contributed by atoms with van der Waals surface area (Å²) in [5, 5.41) is 0. The SMILES string of the molecule is C=C(C)CCOCC(=O)c1ccc2c(c1)OCO2. The second-order valence-electron chi connectivity index (χ2n) is 4.25. The van der Waals surface area contributed by atoms with Crippen LogP contribution in [-0.4, -0.2) is 25.8 Å². The molecule has 18 heavy (non-hydrogen) atoms. The second-order valence-corrected chi connectivity index (χ2v) is 4.25. The molecule has 1 heterocycles. The summed E-state index contributed by atoms with van der Waals surface area (Å²) in [6.45, 7) is 6.51. The first-order valence-electron chi connectivity index (χ1n) is 5.82. The highest BCUT2D eigenvalue weighted by molar-refractivity contribution is 5.97. The largest absolute Gasteiger partial charge is 0.454 e. The topological polar surface area (TPSA) is 44.8 Å². The van der Waals surface area contributed by atoms with Crippen LogP contribution in [-0.2, 0) is 4.74 Å². The first-order valence-corrected chi connectivity index (χ1v) is 5.82. The van der Waals surface area contributed by atoms with E-state index in [9.17, 15) is 4.79 Å². The van der Waals surface area contributed by atoms with E-state index < -0.39 is 0 Å². The summed E-state index contributed by atoms with van der Waals surface area (Å²) < 4.78 is 15.7. The fraction of sp³-hybridized carbons (Fsp3) is 0.357. The molecule has 1 aromatic carbocycles. The third kappa shape index (κ3) is 3.11. The van der Waals surface area contributed by atoms with E-state index in [4.69, 9.17) is 14.2 Å². The highest BCUT2D eigenvalue weighted by Crippen LogP contribution is 2.32. The first-order chi connectivity index (χ1) is 8.66. The van der Waals surface area contributed by atoms with Crippen LogP contribution in [0.5, 0.6) is 11.5 Å². The van der Waals surface area contributed by atoms with E-state index in [1.54, 1.807) is 18.2 Å². The van der Waals surface area contributed by atoms with Gasteiger partial charge < -0.3 is 14.2 Å². The fourth-order valence-corrected chi connectivity index (χ4v) is 1.56. The van der Waals surface area contributed by atoms with Crippen LogP contribution in [0.3, 0.4) is 0 Å². The molecule has 0 radical (unpaired) electrons. The van der Waals surface area contributed by atoms with Gasteiger partial charge in [0, 0.05) is 5.56 Å². The molecule has 0 aliphatic carbocycles. The van der Waals surface area contributed by atoms with Crippen LogP contribution < -0.4 is 9.47 Å². The summed E-state index contributed by atoms with van der Waals surface area (Å²) in [5.41, 5.74) is 1.63. The Labute approximate surface area is 106 Å². The van der Waals surface area contributed by atoms with E-state index in [-0.39, 0.29) is 19.2 Å². The van der Waals surface area contributed by atoms with E-state index in [2.05, 4.69) is 6.58 Å². The Morgan fingerprint density at radius 2 is 2.17 bits per heavy atom. The monoisotopic (exact) mass is 248 g/mol. The van der Waals surface area contributed by atoms with Gasteiger partial charge >= 0.3 is 0 Å². The molecule has 0 atom stereocenters. The van der Waals surface area contributed by atoms with E-state index in [0.29, 0.717) is 23.7 Å². The molecule has 0 spiro atoms. The summed E-state index contributed by atoms with van der Waals surface area (Å²) in [4.78, 5) is 11.8. The Hall–Kier alpha value is -1.81. The number of carbonyl (C=O) groups is 1. The molecule has 1 aromatic rings. The van der Waals surface area contributed by atoms with Gasteiger partial charge in [0.2, 0.25) is 6.79 Å². The molecular weight excluding hydrogens is 232 g/mol. The van der Waals surface area contributed by atoms with Crippen LogP contribution in [0.1, 0.15) is 23.7 Å². The average molecular weight is 248 g/mol. The molecular formula is C14H16O4. The van der Waals surface area contributed by atoms with Crippen LogP contribution in [0.25, 0.3) is 0 Å². The van der Waals surface area contributed by atoms with Gasteiger partial charge in [-0.05, 0) is 31.5 Å². The summed E-state index contributed by atoms with van der Waals surface area (Å²) >= 11 is 0. The van der Waals surface area contributed by atoms with Gasteiger partial charge in [0.15, 0.2) is 17.3 Å². The van der Waals surface area contributed by atoms with Crippen molar-refractivity contribution < 1.29 is 19.0 Å². The molecule has 0 unspecified atom stereocenters. The molecule has 2 rings (SSSR count). The van der Waals surface area contributed by atoms with Gasteiger partial charge in [0.05, 0.1) is 6.61 Å². The molecule has 0 bridgehead atoms. The number of ketones is 1. The van der Waals surface area contributed by atoms with E-state index in [1.807, 2.05) is 6.92 Å². The third-order valence-corrected chi connectivity index (χ3v) is 2.60. The Morgan fingerprint density at radius 3 is 2.94 bits per heavy atom. The molecule has 0 aromatic heterocycles. The Kier molecular flexibility index (Phi) is 3.99. The molecule has 1 aliphatic heterocycles. The van der Waals surface area contributed by atoms with Gasteiger partial charge in [-0.1, -0.05) is 5.57 Å². The minimum Gasteiger partial charge on any atom is -0.454 e. The number of ether oxygens (including phenoxy) is 3. The van der Waals surface area contributed by atoms with Crippen molar-refractivity contribution in [3.05, 3.63) is 35.9 Å². The number of hydrogen-bond acceptors (Lipinski definition) is 4. The number of Topliss-reactive ketones (excluding diaryl/α,β-unsaturated/α-hetero) is 1. The summed E-state index contributed by atoms with van der Waals surface area (Å²) in [5.74, 6) is 1.23. The molecule has 0 saturated carbocycles. The summed E-state index contributed by atoms with van der Waals surface area (Å²) in [6, 6.07) is 5.15. The molecule has 4 nitrogen and oxygen atoms in total. The van der Waals surface area contributed by atoms with Crippen LogP contribution in [0, 0.1) is 0 Å². The minimum atomic E-state index is -0.0602. The van der Waals surface area contributed by atoms with Crippen molar-refractivity contribution in [2.24, 2.45) is 0 Å². The number of fused-ring (bicyclic) bond motifs is 1. The van der Waals surface area contributed by atoms with Gasteiger partial charge in [0.25, 0.3) is 0 Å². The van der Waals surface area contributed by atoms with Gasteiger partial charge in [0.1, 0.15) is 6.61 Å². The van der Waals surface area contributed by atoms with Crippen LogP contribution in [0.4, 0.5) is 0 Å². The zero-order chi connectivity index (χ0) is 13.0. The lowest BCUT2D eigenvalue weighted by molar-refractivity contribution is 0.0765. The Balaban J connectivity index is 1.87. The van der Waals surface area contributed by atoms with Gasteiger partial charge in [-0.2, -0.15) is 0 Å². The highest BCUT2D eigenvalue weighted by Gasteiger charge is 2.16. The minimum absolute atomic E-state index is 0.0602. The maximum Gasteiger partial charge on any atom is 0.231 e. The lowest BCUT2D eigenvalue weighted by Gasteiger charge is -2.04.